The van der Waals surface area contributed by atoms with Gasteiger partial charge in [-0.15, -0.1) is 0 Å². The van der Waals surface area contributed by atoms with Gasteiger partial charge < -0.3 is 9.47 Å². The van der Waals surface area contributed by atoms with Crippen LogP contribution in [0.1, 0.15) is 45.4 Å². The minimum absolute atomic E-state index is 0.253. The van der Waals surface area contributed by atoms with Crippen LogP contribution >= 0.6 is 0 Å². The molecule has 0 radical (unpaired) electrons. The lowest BCUT2D eigenvalue weighted by Gasteiger charge is -2.27. The van der Waals surface area contributed by atoms with E-state index in [1.807, 2.05) is 0 Å². The molecule has 3 nitrogen and oxygen atoms in total. The van der Waals surface area contributed by atoms with Gasteiger partial charge in [0.15, 0.2) is 0 Å². The molecule has 0 aliphatic heterocycles. The molecule has 1 saturated carbocycles. The number of ether oxygens (including phenoxy) is 2. The first kappa shape index (κ1) is 14.7. The predicted molar refractivity (Wildman–Crippen MR) is 68.1 cm³/mol. The van der Waals surface area contributed by atoms with Crippen LogP contribution in [0.15, 0.2) is 0 Å². The van der Waals surface area contributed by atoms with Gasteiger partial charge in [0, 0.05) is 26.1 Å². The third-order valence-electron chi connectivity index (χ3n) is 3.61. The summed E-state index contributed by atoms with van der Waals surface area (Å²) in [6.07, 6.45) is 6.37. The van der Waals surface area contributed by atoms with Crippen LogP contribution in [-0.2, 0) is 14.3 Å². The second-order valence-electron chi connectivity index (χ2n) is 4.99. The Kier molecular flexibility index (Phi) is 7.45. The lowest BCUT2D eigenvalue weighted by atomic mass is 9.77. The highest BCUT2D eigenvalue weighted by atomic mass is 16.5. The number of rotatable bonds is 8. The zero-order valence-corrected chi connectivity index (χ0v) is 11.2. The van der Waals surface area contributed by atoms with Gasteiger partial charge in [0.1, 0.15) is 5.78 Å². The van der Waals surface area contributed by atoms with E-state index in [4.69, 9.17) is 9.47 Å². The summed E-state index contributed by atoms with van der Waals surface area (Å²) in [5.41, 5.74) is 0. The monoisotopic (exact) mass is 242 g/mol. The second kappa shape index (κ2) is 8.65. The molecule has 1 fully saturated rings. The number of carbonyl (C=O) groups is 1. The van der Waals surface area contributed by atoms with Gasteiger partial charge in [-0.3, -0.25) is 4.79 Å². The number of ketones is 1. The van der Waals surface area contributed by atoms with Crippen LogP contribution in [0.25, 0.3) is 0 Å². The van der Waals surface area contributed by atoms with Gasteiger partial charge in [-0.25, -0.2) is 0 Å². The maximum absolute atomic E-state index is 11.8. The molecule has 0 bridgehead atoms. The molecule has 0 aromatic heterocycles. The summed E-state index contributed by atoms with van der Waals surface area (Å²) in [6, 6.07) is 0. The van der Waals surface area contributed by atoms with Gasteiger partial charge in [0.05, 0.1) is 13.2 Å². The van der Waals surface area contributed by atoms with Crippen LogP contribution in [0, 0.1) is 11.8 Å². The smallest absolute Gasteiger partial charge is 0.136 e. The van der Waals surface area contributed by atoms with E-state index in [-0.39, 0.29) is 5.92 Å². The van der Waals surface area contributed by atoms with Crippen molar-refractivity contribution in [2.45, 2.75) is 45.4 Å². The zero-order chi connectivity index (χ0) is 12.5. The highest BCUT2D eigenvalue weighted by Crippen LogP contribution is 2.31. The summed E-state index contributed by atoms with van der Waals surface area (Å²) in [4.78, 5) is 11.8. The molecule has 0 heterocycles. The SMILES string of the molecule is CCCC1CCC(=O)C(CCOCCOC)C1. The van der Waals surface area contributed by atoms with Crippen molar-refractivity contribution in [2.75, 3.05) is 26.9 Å². The molecule has 0 spiro atoms. The van der Waals surface area contributed by atoms with Crippen molar-refractivity contribution in [2.24, 2.45) is 11.8 Å². The van der Waals surface area contributed by atoms with Gasteiger partial charge in [0.2, 0.25) is 0 Å². The molecule has 1 aliphatic rings. The van der Waals surface area contributed by atoms with Crippen molar-refractivity contribution in [3.05, 3.63) is 0 Å². The Labute approximate surface area is 105 Å². The molecular weight excluding hydrogens is 216 g/mol. The highest BCUT2D eigenvalue weighted by Gasteiger charge is 2.27. The average Bonchev–Trinajstić information content (AvgIpc) is 2.33. The maximum Gasteiger partial charge on any atom is 0.136 e. The second-order valence-corrected chi connectivity index (χ2v) is 4.99. The first-order valence-electron chi connectivity index (χ1n) is 6.87. The Bertz CT molecular complexity index is 216. The van der Waals surface area contributed by atoms with E-state index in [0.29, 0.717) is 25.6 Å². The Morgan fingerprint density at radius 1 is 1.24 bits per heavy atom. The molecule has 1 rings (SSSR count). The fourth-order valence-electron chi connectivity index (χ4n) is 2.62. The Morgan fingerprint density at radius 2 is 2.06 bits per heavy atom. The Morgan fingerprint density at radius 3 is 2.76 bits per heavy atom. The van der Waals surface area contributed by atoms with Crippen molar-refractivity contribution in [1.29, 1.82) is 0 Å². The van der Waals surface area contributed by atoms with E-state index in [2.05, 4.69) is 6.92 Å². The number of hydrogen-bond acceptors (Lipinski definition) is 3. The van der Waals surface area contributed by atoms with Gasteiger partial charge in [-0.05, 0) is 25.2 Å². The zero-order valence-electron chi connectivity index (χ0n) is 11.2. The molecule has 0 saturated heterocycles. The normalized spacial score (nSPS) is 25.2. The van der Waals surface area contributed by atoms with Crippen LogP contribution < -0.4 is 0 Å². The standard InChI is InChI=1S/C14H26O3/c1-3-4-12-5-6-14(15)13(11-12)7-8-17-10-9-16-2/h12-13H,3-11H2,1-2H3. The van der Waals surface area contributed by atoms with Crippen LogP contribution in [0.5, 0.6) is 0 Å². The lowest BCUT2D eigenvalue weighted by Crippen LogP contribution is -2.26. The third-order valence-corrected chi connectivity index (χ3v) is 3.61. The van der Waals surface area contributed by atoms with Crippen molar-refractivity contribution in [3.63, 3.8) is 0 Å². The first-order valence-corrected chi connectivity index (χ1v) is 6.87. The van der Waals surface area contributed by atoms with E-state index in [0.717, 1.165) is 31.6 Å². The van der Waals surface area contributed by atoms with Gasteiger partial charge in [0.25, 0.3) is 0 Å². The molecule has 0 aromatic carbocycles. The van der Waals surface area contributed by atoms with Crippen LogP contribution in [-0.4, -0.2) is 32.7 Å². The first-order chi connectivity index (χ1) is 8.27. The molecule has 17 heavy (non-hydrogen) atoms. The number of methoxy groups -OCH3 is 1. The van der Waals surface area contributed by atoms with E-state index < -0.39 is 0 Å². The average molecular weight is 242 g/mol. The maximum atomic E-state index is 11.8. The summed E-state index contributed by atoms with van der Waals surface area (Å²) in [5.74, 6) is 1.47. The van der Waals surface area contributed by atoms with Gasteiger partial charge in [-0.2, -0.15) is 0 Å². The number of hydrogen-bond donors (Lipinski definition) is 0. The van der Waals surface area contributed by atoms with E-state index in [9.17, 15) is 4.79 Å². The molecule has 2 atom stereocenters. The van der Waals surface area contributed by atoms with E-state index in [1.54, 1.807) is 7.11 Å². The summed E-state index contributed by atoms with van der Waals surface area (Å²) >= 11 is 0. The fourth-order valence-corrected chi connectivity index (χ4v) is 2.62. The molecule has 0 N–H and O–H groups in total. The van der Waals surface area contributed by atoms with Crippen molar-refractivity contribution in [3.8, 4) is 0 Å². The van der Waals surface area contributed by atoms with Crippen LogP contribution in [0.2, 0.25) is 0 Å². The third kappa shape index (κ3) is 5.64. The quantitative estimate of drug-likeness (QED) is 0.614. The molecule has 100 valence electrons. The lowest BCUT2D eigenvalue weighted by molar-refractivity contribution is -0.126. The van der Waals surface area contributed by atoms with Crippen molar-refractivity contribution >= 4 is 5.78 Å². The summed E-state index contributed by atoms with van der Waals surface area (Å²) < 4.78 is 10.4. The molecular formula is C14H26O3. The Balaban J connectivity index is 2.18. The molecule has 2 unspecified atom stereocenters. The van der Waals surface area contributed by atoms with Gasteiger partial charge >= 0.3 is 0 Å². The predicted octanol–water partition coefficient (Wildman–Crippen LogP) is 2.83. The summed E-state index contributed by atoms with van der Waals surface area (Å²) in [5, 5.41) is 0. The van der Waals surface area contributed by atoms with Crippen LogP contribution in [0.3, 0.4) is 0 Å². The number of carbonyl (C=O) groups excluding carboxylic acids is 1. The highest BCUT2D eigenvalue weighted by molar-refractivity contribution is 5.81. The molecule has 0 amide bonds. The van der Waals surface area contributed by atoms with Crippen molar-refractivity contribution in [1.82, 2.24) is 0 Å². The summed E-state index contributed by atoms with van der Waals surface area (Å²) in [6.45, 7) is 4.19. The number of Topliss-reactive ketones (excluding diaryl/α,β-unsaturated/α-hetero) is 1. The van der Waals surface area contributed by atoms with E-state index in [1.165, 1.54) is 12.8 Å². The molecule has 1 aliphatic carbocycles. The van der Waals surface area contributed by atoms with E-state index >= 15 is 0 Å². The minimum Gasteiger partial charge on any atom is -0.382 e. The fraction of sp³-hybridized carbons (Fsp3) is 0.929. The summed E-state index contributed by atoms with van der Waals surface area (Å²) in [7, 11) is 1.67. The van der Waals surface area contributed by atoms with Crippen LogP contribution in [0.4, 0.5) is 0 Å². The topological polar surface area (TPSA) is 35.5 Å². The largest absolute Gasteiger partial charge is 0.382 e. The molecule has 3 heteroatoms. The molecule has 0 aromatic rings. The van der Waals surface area contributed by atoms with Gasteiger partial charge in [-0.1, -0.05) is 19.8 Å². The van der Waals surface area contributed by atoms with Crippen molar-refractivity contribution < 1.29 is 14.3 Å². The minimum atomic E-state index is 0.253. The Hall–Kier alpha value is -0.410.